The topological polar surface area (TPSA) is 65.1 Å². The van der Waals surface area contributed by atoms with Crippen LogP contribution in [0.5, 0.6) is 0 Å². The fourth-order valence-electron chi connectivity index (χ4n) is 8.39. The summed E-state index contributed by atoms with van der Waals surface area (Å²) in [6.45, 7) is 9.97. The van der Waals surface area contributed by atoms with E-state index in [1.165, 1.54) is 5.57 Å². The molecule has 2 heterocycles. The molecular weight excluding hydrogens is 368 g/mol. The van der Waals surface area contributed by atoms with E-state index in [-0.39, 0.29) is 40.2 Å². The molecule has 0 amide bonds. The molecular formula is C24H30O5. The molecule has 29 heavy (non-hydrogen) atoms. The fraction of sp³-hybridized carbons (Fsp3) is 0.750. The van der Waals surface area contributed by atoms with Crippen LogP contribution in [0.1, 0.15) is 60.3 Å². The van der Waals surface area contributed by atoms with Crippen molar-refractivity contribution in [3.63, 3.8) is 0 Å². The Morgan fingerprint density at radius 2 is 1.86 bits per heavy atom. The van der Waals surface area contributed by atoms with Crippen LogP contribution in [0.2, 0.25) is 0 Å². The third-order valence-electron chi connectivity index (χ3n) is 9.45. The Kier molecular flexibility index (Phi) is 3.15. The predicted octanol–water partition coefficient (Wildman–Crippen LogP) is 3.51. The number of carbonyl (C=O) groups excluding carboxylic acids is 2. The number of ketones is 2. The van der Waals surface area contributed by atoms with Crippen LogP contribution in [0.15, 0.2) is 23.8 Å². The van der Waals surface area contributed by atoms with Crippen LogP contribution in [0, 0.1) is 22.7 Å². The summed E-state index contributed by atoms with van der Waals surface area (Å²) in [5.74, 6) is 0.0562. The summed E-state index contributed by atoms with van der Waals surface area (Å²) in [7, 11) is 0. The van der Waals surface area contributed by atoms with Crippen molar-refractivity contribution >= 4 is 11.6 Å². The lowest BCUT2D eigenvalue weighted by molar-refractivity contribution is -0.209. The van der Waals surface area contributed by atoms with Gasteiger partial charge in [-0.2, -0.15) is 0 Å². The molecule has 6 aliphatic rings. The second-order valence-electron chi connectivity index (χ2n) is 11.0. The van der Waals surface area contributed by atoms with E-state index in [1.54, 1.807) is 13.0 Å². The van der Waals surface area contributed by atoms with Crippen molar-refractivity contribution in [2.75, 3.05) is 0 Å². The maximum Gasteiger partial charge on any atom is 0.178 e. The summed E-state index contributed by atoms with van der Waals surface area (Å²) < 4.78 is 19.4. The summed E-state index contributed by atoms with van der Waals surface area (Å²) in [5.41, 5.74) is -0.490. The van der Waals surface area contributed by atoms with Gasteiger partial charge in [-0.25, -0.2) is 0 Å². The zero-order valence-corrected chi connectivity index (χ0v) is 17.9. The van der Waals surface area contributed by atoms with E-state index in [2.05, 4.69) is 19.9 Å². The van der Waals surface area contributed by atoms with Gasteiger partial charge in [-0.3, -0.25) is 9.59 Å². The molecule has 5 fully saturated rings. The van der Waals surface area contributed by atoms with Crippen molar-refractivity contribution < 1.29 is 23.8 Å². The number of hydrogen-bond donors (Lipinski definition) is 0. The smallest absolute Gasteiger partial charge is 0.178 e. The molecule has 0 aromatic heterocycles. The molecule has 5 nitrogen and oxygen atoms in total. The van der Waals surface area contributed by atoms with Gasteiger partial charge in [0.15, 0.2) is 23.0 Å². The Balaban J connectivity index is 1.46. The van der Waals surface area contributed by atoms with E-state index in [9.17, 15) is 9.59 Å². The second kappa shape index (κ2) is 4.95. The van der Waals surface area contributed by atoms with Crippen LogP contribution in [-0.2, 0) is 23.8 Å². The van der Waals surface area contributed by atoms with Gasteiger partial charge in [0.05, 0.1) is 12.2 Å². The van der Waals surface area contributed by atoms with Crippen LogP contribution in [-0.4, -0.2) is 40.8 Å². The third-order valence-corrected chi connectivity index (χ3v) is 9.45. The van der Waals surface area contributed by atoms with Crippen LogP contribution in [0.3, 0.4) is 0 Å². The van der Waals surface area contributed by atoms with Crippen LogP contribution in [0.4, 0.5) is 0 Å². The normalized spacial score (nSPS) is 55.9. The SMILES string of the molecule is CC(=O)[C@@]12OC(C)(C)O[C@@H]1C[C@H]1[C@@H]3CCC4=CC(=O)C=C[C@]4(C)[C@@]34O[C@H]4C[C@@]12C. The minimum atomic E-state index is -0.894. The Morgan fingerprint density at radius 3 is 2.59 bits per heavy atom. The molecule has 4 aliphatic carbocycles. The van der Waals surface area contributed by atoms with E-state index in [1.807, 2.05) is 19.9 Å². The van der Waals surface area contributed by atoms with Crippen molar-refractivity contribution in [3.05, 3.63) is 23.8 Å². The van der Waals surface area contributed by atoms with Gasteiger partial charge in [0.1, 0.15) is 5.60 Å². The van der Waals surface area contributed by atoms with Gasteiger partial charge >= 0.3 is 0 Å². The Hall–Kier alpha value is -1.30. The Morgan fingerprint density at radius 1 is 1.10 bits per heavy atom. The molecule has 0 aromatic carbocycles. The lowest BCUT2D eigenvalue weighted by Crippen LogP contribution is -2.62. The summed E-state index contributed by atoms with van der Waals surface area (Å²) in [6, 6.07) is 0. The molecule has 0 radical (unpaired) electrons. The first-order valence-corrected chi connectivity index (χ1v) is 11.0. The van der Waals surface area contributed by atoms with E-state index >= 15 is 0 Å². The first-order valence-electron chi connectivity index (χ1n) is 11.0. The second-order valence-corrected chi connectivity index (χ2v) is 11.0. The predicted molar refractivity (Wildman–Crippen MR) is 105 cm³/mol. The third kappa shape index (κ3) is 1.82. The van der Waals surface area contributed by atoms with Crippen molar-refractivity contribution in [3.8, 4) is 0 Å². The summed E-state index contributed by atoms with van der Waals surface area (Å²) in [5, 5.41) is 0. The summed E-state index contributed by atoms with van der Waals surface area (Å²) in [6.07, 6.45) is 9.04. The van der Waals surface area contributed by atoms with Crippen LogP contribution < -0.4 is 0 Å². The lowest BCUT2D eigenvalue weighted by atomic mass is 9.47. The van der Waals surface area contributed by atoms with E-state index in [4.69, 9.17) is 14.2 Å². The Bertz CT molecular complexity index is 916. The largest absolute Gasteiger partial charge is 0.364 e. The molecule has 156 valence electrons. The molecule has 6 rings (SSSR count). The highest BCUT2D eigenvalue weighted by Gasteiger charge is 2.84. The maximum atomic E-state index is 13.1. The number of carbonyl (C=O) groups is 2. The van der Waals surface area contributed by atoms with Gasteiger partial charge in [-0.1, -0.05) is 18.6 Å². The Labute approximate surface area is 171 Å². The maximum absolute atomic E-state index is 13.1. The average molecular weight is 398 g/mol. The minimum Gasteiger partial charge on any atom is -0.364 e. The standard InChI is InChI=1S/C24H30O5/c1-13(25)23-18(27-20(2,3)29-23)11-17-16-7-6-14-10-15(26)8-9-21(14,4)24(16)19(28-24)12-22(17,23)5/h8-10,16-19H,6-7,11-12H2,1-5H3/t16-,17-,18+,19-,21-,22-,23+,24+/m0/s1. The number of rotatable bonds is 1. The van der Waals surface area contributed by atoms with E-state index in [0.29, 0.717) is 11.8 Å². The lowest BCUT2D eigenvalue weighted by Gasteiger charge is -2.56. The van der Waals surface area contributed by atoms with Gasteiger partial charge in [-0.05, 0) is 77.4 Å². The van der Waals surface area contributed by atoms with Gasteiger partial charge in [0.25, 0.3) is 0 Å². The first kappa shape index (κ1) is 18.5. The van der Waals surface area contributed by atoms with Gasteiger partial charge in [0, 0.05) is 10.8 Å². The van der Waals surface area contributed by atoms with Gasteiger partial charge < -0.3 is 14.2 Å². The molecule has 3 saturated carbocycles. The fourth-order valence-corrected chi connectivity index (χ4v) is 8.39. The van der Waals surface area contributed by atoms with E-state index < -0.39 is 11.4 Å². The van der Waals surface area contributed by atoms with Crippen molar-refractivity contribution in [1.82, 2.24) is 0 Å². The quantitative estimate of drug-likeness (QED) is 0.633. The van der Waals surface area contributed by atoms with Crippen LogP contribution in [0.25, 0.3) is 0 Å². The molecule has 0 N–H and O–H groups in total. The molecule has 2 saturated heterocycles. The molecule has 2 aliphatic heterocycles. The van der Waals surface area contributed by atoms with Crippen molar-refractivity contribution in [2.24, 2.45) is 22.7 Å². The molecule has 0 aromatic rings. The number of hydrogen-bond acceptors (Lipinski definition) is 5. The average Bonchev–Trinajstić information content (AvgIpc) is 3.19. The summed E-state index contributed by atoms with van der Waals surface area (Å²) >= 11 is 0. The number of epoxide rings is 1. The molecule has 5 heteroatoms. The summed E-state index contributed by atoms with van der Waals surface area (Å²) in [4.78, 5) is 25.1. The number of ether oxygens (including phenoxy) is 3. The molecule has 0 bridgehead atoms. The number of fused-ring (bicyclic) bond motifs is 5. The van der Waals surface area contributed by atoms with Crippen molar-refractivity contribution in [2.45, 2.75) is 89.5 Å². The van der Waals surface area contributed by atoms with Crippen molar-refractivity contribution in [1.29, 1.82) is 0 Å². The zero-order valence-electron chi connectivity index (χ0n) is 17.9. The monoisotopic (exact) mass is 398 g/mol. The molecule has 0 unspecified atom stereocenters. The van der Waals surface area contributed by atoms with E-state index in [0.717, 1.165) is 25.7 Å². The number of Topliss-reactive ketones (excluding diaryl/α,β-unsaturated/α-hetero) is 1. The minimum absolute atomic E-state index is 0.0805. The zero-order chi connectivity index (χ0) is 20.6. The van der Waals surface area contributed by atoms with Gasteiger partial charge in [0.2, 0.25) is 0 Å². The molecule has 1 spiro atoms. The highest BCUT2D eigenvalue weighted by atomic mass is 16.8. The molecule has 8 atom stereocenters. The highest BCUT2D eigenvalue weighted by molar-refractivity contribution is 6.01. The highest BCUT2D eigenvalue weighted by Crippen LogP contribution is 2.77. The van der Waals surface area contributed by atoms with Crippen LogP contribution >= 0.6 is 0 Å². The number of allylic oxidation sites excluding steroid dienone is 2. The first-order chi connectivity index (χ1) is 13.5. The van der Waals surface area contributed by atoms with Gasteiger partial charge in [-0.15, -0.1) is 0 Å².